The Hall–Kier alpha value is -2.80. The Kier molecular flexibility index (Phi) is 7.38. The number of carbonyl (C=O) groups is 3. The number of amides is 1. The summed E-state index contributed by atoms with van der Waals surface area (Å²) < 4.78 is 12.5. The molecule has 0 unspecified atom stereocenters. The van der Waals surface area contributed by atoms with Crippen LogP contribution < -0.4 is 4.74 Å². The van der Waals surface area contributed by atoms with E-state index in [0.29, 0.717) is 19.3 Å². The second-order valence-corrected chi connectivity index (χ2v) is 9.43. The minimum atomic E-state index is -0.648. The van der Waals surface area contributed by atoms with Crippen LogP contribution in [0.25, 0.3) is 0 Å². The van der Waals surface area contributed by atoms with E-state index in [4.69, 9.17) is 9.47 Å². The van der Waals surface area contributed by atoms with Crippen LogP contribution in [0.3, 0.4) is 0 Å². The van der Waals surface area contributed by atoms with Crippen LogP contribution in [0.5, 0.6) is 11.5 Å². The van der Waals surface area contributed by atoms with Crippen LogP contribution in [0, 0.1) is 0 Å². The highest BCUT2D eigenvalue weighted by Crippen LogP contribution is 2.31. The summed E-state index contributed by atoms with van der Waals surface area (Å²) in [6.45, 7) is 5.25. The molecule has 164 valence electrons. The van der Waals surface area contributed by atoms with Gasteiger partial charge in [0.25, 0.3) is 0 Å². The summed E-state index contributed by atoms with van der Waals surface area (Å²) in [4.78, 5) is 36.5. The lowest BCUT2D eigenvalue weighted by atomic mass is 10.0. The van der Waals surface area contributed by atoms with E-state index in [1.54, 1.807) is 20.8 Å². The molecule has 0 bridgehead atoms. The van der Waals surface area contributed by atoms with Crippen molar-refractivity contribution in [3.05, 3.63) is 60.2 Å². The Morgan fingerprint density at radius 1 is 1.03 bits per heavy atom. The first-order valence-corrected chi connectivity index (χ1v) is 11.0. The van der Waals surface area contributed by atoms with Gasteiger partial charge in [-0.3, -0.25) is 18.7 Å². The molecule has 1 heterocycles. The first-order chi connectivity index (χ1) is 14.7. The van der Waals surface area contributed by atoms with Crippen LogP contribution in [-0.2, 0) is 25.5 Å². The summed E-state index contributed by atoms with van der Waals surface area (Å²) in [5.74, 6) is 0.831. The summed E-state index contributed by atoms with van der Waals surface area (Å²) in [6, 6.07) is 17.2. The van der Waals surface area contributed by atoms with Crippen LogP contribution in [0.4, 0.5) is 0 Å². The Morgan fingerprint density at radius 2 is 1.68 bits per heavy atom. The maximum absolute atomic E-state index is 12.3. The SMILES string of the molecule is CC(C)(C)OC(=O)CC(=O)SN1C(=O)CC[C@@H]1Cc1ccc(Oc2ccccc2)cc1. The van der Waals surface area contributed by atoms with Crippen LogP contribution >= 0.6 is 11.9 Å². The molecule has 1 amide bonds. The lowest BCUT2D eigenvalue weighted by Gasteiger charge is -2.23. The second kappa shape index (κ2) is 10.0. The molecule has 31 heavy (non-hydrogen) atoms. The number of nitrogens with zero attached hydrogens (tertiary/aromatic N) is 1. The standard InChI is InChI=1S/C24H27NO5S/c1-24(2,3)30-22(27)16-23(28)31-25-18(11-14-21(25)26)15-17-9-12-20(13-10-17)29-19-7-5-4-6-8-19/h4-10,12-13,18H,11,14-16H2,1-3H3/t18-/m1/s1. The molecule has 1 saturated heterocycles. The maximum Gasteiger partial charge on any atom is 0.314 e. The topological polar surface area (TPSA) is 72.9 Å². The van der Waals surface area contributed by atoms with Gasteiger partial charge in [-0.1, -0.05) is 30.3 Å². The maximum atomic E-state index is 12.3. The molecule has 1 atom stereocenters. The highest BCUT2D eigenvalue weighted by atomic mass is 32.2. The van der Waals surface area contributed by atoms with Gasteiger partial charge in [0, 0.05) is 24.4 Å². The molecule has 2 aromatic rings. The molecule has 0 N–H and O–H groups in total. The summed E-state index contributed by atoms with van der Waals surface area (Å²) in [5, 5.41) is -0.388. The fraction of sp³-hybridized carbons (Fsp3) is 0.375. The smallest absolute Gasteiger partial charge is 0.314 e. The zero-order valence-corrected chi connectivity index (χ0v) is 18.8. The Morgan fingerprint density at radius 3 is 2.32 bits per heavy atom. The molecule has 1 aliphatic heterocycles. The van der Waals surface area contributed by atoms with E-state index in [1.165, 1.54) is 4.31 Å². The van der Waals surface area contributed by atoms with Gasteiger partial charge in [0.2, 0.25) is 11.0 Å². The van der Waals surface area contributed by atoms with Crippen molar-refractivity contribution in [1.82, 2.24) is 4.31 Å². The van der Waals surface area contributed by atoms with Crippen molar-refractivity contribution in [2.75, 3.05) is 0 Å². The molecule has 1 fully saturated rings. The highest BCUT2D eigenvalue weighted by Gasteiger charge is 2.34. The van der Waals surface area contributed by atoms with Gasteiger partial charge in [0.15, 0.2) is 0 Å². The number of para-hydroxylation sites is 1. The van der Waals surface area contributed by atoms with Crippen LogP contribution in [0.15, 0.2) is 54.6 Å². The fourth-order valence-corrected chi connectivity index (χ4v) is 4.18. The largest absolute Gasteiger partial charge is 0.460 e. The molecule has 3 rings (SSSR count). The number of hydrogen-bond acceptors (Lipinski definition) is 6. The molecule has 7 heteroatoms. The second-order valence-electron chi connectivity index (χ2n) is 8.40. The zero-order chi connectivity index (χ0) is 22.4. The Balaban J connectivity index is 1.56. The van der Waals surface area contributed by atoms with Crippen LogP contribution in [-0.4, -0.2) is 32.9 Å². The molecule has 1 aliphatic rings. The average Bonchev–Trinajstić information content (AvgIpc) is 3.02. The van der Waals surface area contributed by atoms with Gasteiger partial charge >= 0.3 is 5.97 Å². The first kappa shape index (κ1) is 22.9. The molecule has 0 aromatic heterocycles. The van der Waals surface area contributed by atoms with Gasteiger partial charge in [-0.2, -0.15) is 0 Å². The van der Waals surface area contributed by atoms with Crippen molar-refractivity contribution in [2.45, 2.75) is 58.1 Å². The Labute approximate surface area is 187 Å². The molecular weight excluding hydrogens is 414 g/mol. The van der Waals surface area contributed by atoms with E-state index in [1.807, 2.05) is 54.6 Å². The Bertz CT molecular complexity index is 921. The van der Waals surface area contributed by atoms with Crippen molar-refractivity contribution in [3.8, 4) is 11.5 Å². The quantitative estimate of drug-likeness (QED) is 0.345. The van der Waals surface area contributed by atoms with Crippen LogP contribution in [0.1, 0.15) is 45.6 Å². The summed E-state index contributed by atoms with van der Waals surface area (Å²) in [7, 11) is 0. The van der Waals surface area contributed by atoms with Gasteiger partial charge in [0.1, 0.15) is 23.5 Å². The van der Waals surface area contributed by atoms with Gasteiger partial charge in [-0.05, 0) is 63.4 Å². The van der Waals surface area contributed by atoms with Gasteiger partial charge in [-0.15, -0.1) is 0 Å². The van der Waals surface area contributed by atoms with E-state index in [2.05, 4.69) is 0 Å². The van der Waals surface area contributed by atoms with Gasteiger partial charge < -0.3 is 9.47 Å². The fourth-order valence-electron chi connectivity index (χ4n) is 3.26. The number of ether oxygens (including phenoxy) is 2. The van der Waals surface area contributed by atoms with E-state index >= 15 is 0 Å². The number of rotatable bonds is 7. The molecule has 0 radical (unpaired) electrons. The summed E-state index contributed by atoms with van der Waals surface area (Å²) in [5.41, 5.74) is 0.398. The van der Waals surface area contributed by atoms with E-state index in [9.17, 15) is 14.4 Å². The van der Waals surface area contributed by atoms with Crippen molar-refractivity contribution >= 4 is 28.9 Å². The number of benzene rings is 2. The lowest BCUT2D eigenvalue weighted by molar-refractivity contribution is -0.155. The molecule has 0 saturated carbocycles. The molecule has 6 nitrogen and oxygen atoms in total. The first-order valence-electron chi connectivity index (χ1n) is 10.3. The average molecular weight is 442 g/mol. The van der Waals surface area contributed by atoms with Crippen molar-refractivity contribution in [3.63, 3.8) is 0 Å². The highest BCUT2D eigenvalue weighted by molar-refractivity contribution is 8.12. The molecular formula is C24H27NO5S. The van der Waals surface area contributed by atoms with Gasteiger partial charge in [-0.25, -0.2) is 0 Å². The number of hydrogen-bond donors (Lipinski definition) is 0. The zero-order valence-electron chi connectivity index (χ0n) is 18.0. The van der Waals surface area contributed by atoms with E-state index in [0.717, 1.165) is 29.0 Å². The monoisotopic (exact) mass is 441 g/mol. The van der Waals surface area contributed by atoms with Crippen molar-refractivity contribution < 1.29 is 23.9 Å². The minimum absolute atomic E-state index is 0.0865. The van der Waals surface area contributed by atoms with E-state index < -0.39 is 11.6 Å². The third-order valence-corrected chi connectivity index (χ3v) is 5.60. The normalized spacial score (nSPS) is 16.3. The number of esters is 1. The predicted molar refractivity (Wildman–Crippen MR) is 120 cm³/mol. The van der Waals surface area contributed by atoms with Crippen molar-refractivity contribution in [1.29, 1.82) is 0 Å². The van der Waals surface area contributed by atoms with Gasteiger partial charge in [0.05, 0.1) is 0 Å². The molecule has 0 aliphatic carbocycles. The molecule has 2 aromatic carbocycles. The van der Waals surface area contributed by atoms with Crippen molar-refractivity contribution in [2.24, 2.45) is 0 Å². The van der Waals surface area contributed by atoms with Crippen LogP contribution in [0.2, 0.25) is 0 Å². The molecule has 0 spiro atoms. The minimum Gasteiger partial charge on any atom is -0.460 e. The third kappa shape index (κ3) is 7.14. The lowest BCUT2D eigenvalue weighted by Crippen LogP contribution is -2.31. The summed E-state index contributed by atoms with van der Waals surface area (Å²) >= 11 is 0.821. The summed E-state index contributed by atoms with van der Waals surface area (Å²) in [6.07, 6.45) is 1.34. The predicted octanol–water partition coefficient (Wildman–Crippen LogP) is 4.92. The third-order valence-electron chi connectivity index (χ3n) is 4.55. The number of carbonyl (C=O) groups excluding carboxylic acids is 3. The van der Waals surface area contributed by atoms with E-state index in [-0.39, 0.29) is 23.5 Å².